The third kappa shape index (κ3) is 4.08. The van der Waals surface area contributed by atoms with Gasteiger partial charge in [-0.05, 0) is 22.4 Å². The van der Waals surface area contributed by atoms with Crippen molar-refractivity contribution < 1.29 is 18.3 Å². The lowest BCUT2D eigenvalue weighted by Gasteiger charge is -2.11. The van der Waals surface area contributed by atoms with Crippen LogP contribution < -0.4 is 5.32 Å². The Bertz CT molecular complexity index is 260. The average molecular weight is 225 g/mol. The summed E-state index contributed by atoms with van der Waals surface area (Å²) in [5.41, 5.74) is 0.643. The van der Waals surface area contributed by atoms with Gasteiger partial charge in [0.1, 0.15) is 0 Å². The smallest absolute Gasteiger partial charge is 0.387 e. The van der Waals surface area contributed by atoms with Gasteiger partial charge in [-0.25, -0.2) is 0 Å². The van der Waals surface area contributed by atoms with Gasteiger partial charge < -0.3 is 10.4 Å². The van der Waals surface area contributed by atoms with Crippen LogP contribution in [0.2, 0.25) is 0 Å². The fourth-order valence-electron chi connectivity index (χ4n) is 0.933. The highest BCUT2D eigenvalue weighted by Gasteiger charge is 2.26. The van der Waals surface area contributed by atoms with Crippen molar-refractivity contribution in [3.8, 4) is 0 Å². The first-order valence-corrected chi connectivity index (χ1v) is 4.91. The van der Waals surface area contributed by atoms with Crippen LogP contribution in [0.3, 0.4) is 0 Å². The van der Waals surface area contributed by atoms with Crippen LogP contribution in [0, 0.1) is 0 Å². The molecule has 0 saturated carbocycles. The largest absolute Gasteiger partial charge is 0.401 e. The van der Waals surface area contributed by atoms with Crippen LogP contribution in [0.15, 0.2) is 16.8 Å². The van der Waals surface area contributed by atoms with Crippen molar-refractivity contribution in [2.24, 2.45) is 0 Å². The van der Waals surface area contributed by atoms with Gasteiger partial charge in [-0.2, -0.15) is 24.5 Å². The zero-order chi connectivity index (χ0) is 10.6. The lowest BCUT2D eigenvalue weighted by Crippen LogP contribution is -2.31. The van der Waals surface area contributed by atoms with E-state index in [4.69, 9.17) is 0 Å². The van der Waals surface area contributed by atoms with Gasteiger partial charge in [0.05, 0.1) is 12.6 Å². The normalized spacial score (nSPS) is 14.3. The van der Waals surface area contributed by atoms with Crippen molar-refractivity contribution in [2.45, 2.75) is 12.3 Å². The number of alkyl halides is 3. The van der Waals surface area contributed by atoms with Crippen LogP contribution in [0.25, 0.3) is 0 Å². The Morgan fingerprint density at radius 2 is 2.21 bits per heavy atom. The van der Waals surface area contributed by atoms with Gasteiger partial charge in [0, 0.05) is 6.54 Å². The van der Waals surface area contributed by atoms with E-state index in [0.29, 0.717) is 5.56 Å². The summed E-state index contributed by atoms with van der Waals surface area (Å²) < 4.78 is 35.1. The maximum atomic E-state index is 11.7. The first-order valence-electron chi connectivity index (χ1n) is 3.96. The van der Waals surface area contributed by atoms with Crippen LogP contribution in [-0.4, -0.2) is 24.4 Å². The molecule has 0 fully saturated rings. The summed E-state index contributed by atoms with van der Waals surface area (Å²) in [5.74, 6) is 0. The second kappa shape index (κ2) is 4.77. The number of hydrogen-bond donors (Lipinski definition) is 2. The highest BCUT2D eigenvalue weighted by atomic mass is 32.1. The molecule has 0 aromatic carbocycles. The standard InChI is InChI=1S/C8H10F3NOS/c9-8(10,11)5-12-3-7(13)6-1-2-14-4-6/h1-2,4,7,12-13H,3,5H2. The maximum absolute atomic E-state index is 11.7. The third-order valence-electron chi connectivity index (χ3n) is 1.59. The number of halogens is 3. The van der Waals surface area contributed by atoms with Crippen molar-refractivity contribution in [1.29, 1.82) is 0 Å². The van der Waals surface area contributed by atoms with Crippen LogP contribution >= 0.6 is 11.3 Å². The molecule has 80 valence electrons. The maximum Gasteiger partial charge on any atom is 0.401 e. The van der Waals surface area contributed by atoms with Crippen molar-refractivity contribution in [3.05, 3.63) is 22.4 Å². The molecule has 0 bridgehead atoms. The highest BCUT2D eigenvalue weighted by molar-refractivity contribution is 7.07. The zero-order valence-electron chi connectivity index (χ0n) is 7.21. The molecule has 1 aromatic heterocycles. The summed E-state index contributed by atoms with van der Waals surface area (Å²) in [4.78, 5) is 0. The molecule has 0 spiro atoms. The molecule has 1 unspecified atom stereocenters. The Hall–Kier alpha value is -0.590. The van der Waals surface area contributed by atoms with E-state index in [1.54, 1.807) is 16.8 Å². The lowest BCUT2D eigenvalue weighted by atomic mass is 10.2. The van der Waals surface area contributed by atoms with E-state index in [9.17, 15) is 18.3 Å². The summed E-state index contributed by atoms with van der Waals surface area (Å²) in [6.45, 7) is -1.16. The average Bonchev–Trinajstić information content (AvgIpc) is 2.53. The minimum Gasteiger partial charge on any atom is -0.387 e. The summed E-state index contributed by atoms with van der Waals surface area (Å²) in [6, 6.07) is 1.69. The number of rotatable bonds is 4. The van der Waals surface area contributed by atoms with Crippen LogP contribution in [0.1, 0.15) is 11.7 Å². The predicted molar refractivity (Wildman–Crippen MR) is 48.2 cm³/mol. The quantitative estimate of drug-likeness (QED) is 0.820. The lowest BCUT2D eigenvalue weighted by molar-refractivity contribution is -0.125. The number of aliphatic hydroxyl groups is 1. The molecule has 6 heteroatoms. The number of hydrogen-bond acceptors (Lipinski definition) is 3. The van der Waals surface area contributed by atoms with E-state index < -0.39 is 18.8 Å². The first kappa shape index (κ1) is 11.5. The molecule has 0 aliphatic rings. The minimum absolute atomic E-state index is 0.0871. The molecule has 14 heavy (non-hydrogen) atoms. The van der Waals surface area contributed by atoms with E-state index in [0.717, 1.165) is 0 Å². The van der Waals surface area contributed by atoms with Crippen molar-refractivity contribution in [2.75, 3.05) is 13.1 Å². The summed E-state index contributed by atoms with van der Waals surface area (Å²) in [7, 11) is 0. The molecule has 2 N–H and O–H groups in total. The molecule has 0 aliphatic carbocycles. The van der Waals surface area contributed by atoms with Gasteiger partial charge in [-0.1, -0.05) is 0 Å². The second-order valence-corrected chi connectivity index (χ2v) is 3.60. The van der Waals surface area contributed by atoms with Gasteiger partial charge in [0.2, 0.25) is 0 Å². The number of thiophene rings is 1. The Morgan fingerprint density at radius 1 is 1.50 bits per heavy atom. The van der Waals surface area contributed by atoms with E-state index in [2.05, 4.69) is 5.32 Å². The van der Waals surface area contributed by atoms with Crippen molar-refractivity contribution in [3.63, 3.8) is 0 Å². The Kier molecular flexibility index (Phi) is 3.91. The Balaban J connectivity index is 2.26. The molecular weight excluding hydrogens is 215 g/mol. The molecule has 0 amide bonds. The van der Waals surface area contributed by atoms with Crippen LogP contribution in [0.4, 0.5) is 13.2 Å². The number of nitrogens with one attached hydrogen (secondary N) is 1. The van der Waals surface area contributed by atoms with E-state index in [-0.39, 0.29) is 6.54 Å². The topological polar surface area (TPSA) is 32.3 Å². The molecule has 1 atom stereocenters. The van der Waals surface area contributed by atoms with E-state index in [1.165, 1.54) is 11.3 Å². The monoisotopic (exact) mass is 225 g/mol. The van der Waals surface area contributed by atoms with Crippen molar-refractivity contribution in [1.82, 2.24) is 5.32 Å². The summed E-state index contributed by atoms with van der Waals surface area (Å²) in [5, 5.41) is 15.0. The molecule has 2 nitrogen and oxygen atoms in total. The second-order valence-electron chi connectivity index (χ2n) is 2.82. The molecule has 1 heterocycles. The van der Waals surface area contributed by atoms with Crippen LogP contribution in [-0.2, 0) is 0 Å². The van der Waals surface area contributed by atoms with Gasteiger partial charge >= 0.3 is 6.18 Å². The van der Waals surface area contributed by atoms with Crippen LogP contribution in [0.5, 0.6) is 0 Å². The van der Waals surface area contributed by atoms with Gasteiger partial charge in [-0.3, -0.25) is 0 Å². The molecule has 1 aromatic rings. The van der Waals surface area contributed by atoms with Crippen molar-refractivity contribution >= 4 is 11.3 Å². The predicted octanol–water partition coefficient (Wildman–Crippen LogP) is 1.93. The molecular formula is C8H10F3NOS. The van der Waals surface area contributed by atoms with Gasteiger partial charge in [0.15, 0.2) is 0 Å². The van der Waals surface area contributed by atoms with Gasteiger partial charge in [0.25, 0.3) is 0 Å². The van der Waals surface area contributed by atoms with E-state index in [1.807, 2.05) is 0 Å². The Morgan fingerprint density at radius 3 is 2.71 bits per heavy atom. The van der Waals surface area contributed by atoms with Gasteiger partial charge in [-0.15, -0.1) is 0 Å². The summed E-state index contributed by atoms with van der Waals surface area (Å²) >= 11 is 1.40. The fourth-order valence-corrected chi connectivity index (χ4v) is 1.64. The summed E-state index contributed by atoms with van der Waals surface area (Å²) in [6.07, 6.45) is -5.10. The molecule has 0 radical (unpaired) electrons. The Labute approximate surface area is 83.4 Å². The van der Waals surface area contributed by atoms with E-state index >= 15 is 0 Å². The number of aliphatic hydroxyl groups excluding tert-OH is 1. The molecule has 0 saturated heterocycles. The zero-order valence-corrected chi connectivity index (χ0v) is 8.03. The first-order chi connectivity index (χ1) is 6.49. The third-order valence-corrected chi connectivity index (χ3v) is 2.29. The SMILES string of the molecule is OC(CNCC(F)(F)F)c1ccsc1. The fraction of sp³-hybridized carbons (Fsp3) is 0.500. The molecule has 1 rings (SSSR count). The molecule has 0 aliphatic heterocycles. The highest BCUT2D eigenvalue weighted by Crippen LogP contribution is 2.16. The minimum atomic E-state index is -4.23.